The fourth-order valence-electron chi connectivity index (χ4n) is 10.3. The van der Waals surface area contributed by atoms with Gasteiger partial charge in [-0.15, -0.1) is 0 Å². The molecular formula is C59H39NO. The molecule has 0 aromatic heterocycles. The molecule has 0 saturated carbocycles. The summed E-state index contributed by atoms with van der Waals surface area (Å²) in [6.07, 6.45) is 8.73. The number of nitrogens with zero attached hydrogens (tertiary/aromatic N) is 1. The van der Waals surface area contributed by atoms with Gasteiger partial charge in [-0.3, -0.25) is 0 Å². The summed E-state index contributed by atoms with van der Waals surface area (Å²) < 4.78 is 6.67. The predicted octanol–water partition coefficient (Wildman–Crippen LogP) is 15.4. The van der Waals surface area contributed by atoms with Crippen LogP contribution in [-0.4, -0.2) is 0 Å². The van der Waals surface area contributed by atoms with E-state index in [1.165, 1.54) is 55.3 Å². The van der Waals surface area contributed by atoms with E-state index in [4.69, 9.17) is 4.74 Å². The first kappa shape index (κ1) is 35.1. The van der Waals surface area contributed by atoms with Gasteiger partial charge in [-0.05, 0) is 105 Å². The molecular weight excluding hydrogens is 739 g/mol. The van der Waals surface area contributed by atoms with Crippen molar-refractivity contribution in [2.24, 2.45) is 0 Å². The summed E-state index contributed by atoms with van der Waals surface area (Å²) >= 11 is 0. The maximum absolute atomic E-state index is 6.67. The van der Waals surface area contributed by atoms with Gasteiger partial charge >= 0.3 is 0 Å². The average molecular weight is 778 g/mol. The van der Waals surface area contributed by atoms with Crippen LogP contribution in [0.4, 0.5) is 17.1 Å². The summed E-state index contributed by atoms with van der Waals surface area (Å²) in [6.45, 7) is 0. The number of rotatable bonds is 6. The zero-order valence-corrected chi connectivity index (χ0v) is 33.5. The SMILES string of the molecule is c1c(-c2ccc(-c3ccccc3)c3ccccc23)ccc(N(c2ccccc2C2=CC=CCC2)c2cccc3c2-c2ccccc2C32c3ccccc3Oc3ccccc32)c#1. The molecule has 9 aromatic rings. The summed E-state index contributed by atoms with van der Waals surface area (Å²) in [5, 5.41) is 2.42. The van der Waals surface area contributed by atoms with Crippen molar-refractivity contribution < 1.29 is 4.74 Å². The van der Waals surface area contributed by atoms with Gasteiger partial charge in [0.25, 0.3) is 0 Å². The number of fused-ring (bicyclic) bond motifs is 10. The first-order valence-electron chi connectivity index (χ1n) is 21.2. The Labute approximate surface area is 357 Å². The van der Waals surface area contributed by atoms with Crippen LogP contribution >= 0.6 is 0 Å². The van der Waals surface area contributed by atoms with Gasteiger partial charge in [0.1, 0.15) is 11.5 Å². The third kappa shape index (κ3) is 5.38. The number of hydrogen-bond acceptors (Lipinski definition) is 2. The molecule has 1 heterocycles. The second-order valence-corrected chi connectivity index (χ2v) is 16.1. The molecule has 9 aromatic carbocycles. The number of para-hydroxylation sites is 3. The van der Waals surface area contributed by atoms with Gasteiger partial charge in [-0.1, -0.05) is 182 Å². The van der Waals surface area contributed by atoms with Crippen LogP contribution in [0, 0.1) is 12.1 Å². The molecule has 0 atom stereocenters. The molecule has 0 unspecified atom stereocenters. The maximum Gasteiger partial charge on any atom is 0.132 e. The van der Waals surface area contributed by atoms with Crippen molar-refractivity contribution in [1.29, 1.82) is 0 Å². The van der Waals surface area contributed by atoms with E-state index in [-0.39, 0.29) is 0 Å². The first-order chi connectivity index (χ1) is 30.3. The van der Waals surface area contributed by atoms with E-state index in [2.05, 4.69) is 229 Å². The Morgan fingerprint density at radius 3 is 1.82 bits per heavy atom. The van der Waals surface area contributed by atoms with Crippen molar-refractivity contribution in [1.82, 2.24) is 0 Å². The molecule has 0 fully saturated rings. The fraction of sp³-hybridized carbons (Fsp3) is 0.0508. The minimum absolute atomic E-state index is 0.581. The summed E-state index contributed by atoms with van der Waals surface area (Å²) in [7, 11) is 0. The van der Waals surface area contributed by atoms with Crippen LogP contribution in [0.3, 0.4) is 0 Å². The van der Waals surface area contributed by atoms with Crippen molar-refractivity contribution in [3.05, 3.63) is 252 Å². The van der Waals surface area contributed by atoms with Crippen molar-refractivity contribution in [2.45, 2.75) is 18.3 Å². The number of allylic oxidation sites excluding steroid dienone is 4. The molecule has 3 aliphatic rings. The normalized spacial score (nSPS) is 13.9. The van der Waals surface area contributed by atoms with Crippen LogP contribution in [-0.2, 0) is 5.41 Å². The van der Waals surface area contributed by atoms with Crippen molar-refractivity contribution >= 4 is 33.4 Å². The highest BCUT2D eigenvalue weighted by atomic mass is 16.5. The average Bonchev–Trinajstić information content (AvgIpc) is 3.63. The van der Waals surface area contributed by atoms with Crippen LogP contribution in [0.5, 0.6) is 11.5 Å². The largest absolute Gasteiger partial charge is 0.457 e. The Morgan fingerprint density at radius 2 is 1.08 bits per heavy atom. The third-order valence-electron chi connectivity index (χ3n) is 12.9. The Hall–Kier alpha value is -7.86. The number of benzene rings is 8. The lowest BCUT2D eigenvalue weighted by atomic mass is 9.66. The lowest BCUT2D eigenvalue weighted by Gasteiger charge is -2.39. The highest BCUT2D eigenvalue weighted by Gasteiger charge is 2.52. The minimum Gasteiger partial charge on any atom is -0.457 e. The Bertz CT molecular complexity index is 3180. The molecule has 286 valence electrons. The van der Waals surface area contributed by atoms with Gasteiger partial charge in [-0.25, -0.2) is 0 Å². The van der Waals surface area contributed by atoms with Crippen molar-refractivity contribution in [3.8, 4) is 44.9 Å². The molecule has 1 spiro atoms. The van der Waals surface area contributed by atoms with Crippen LogP contribution < -0.4 is 9.64 Å². The van der Waals surface area contributed by atoms with Crippen LogP contribution in [0.2, 0.25) is 0 Å². The van der Waals surface area contributed by atoms with Gasteiger partial charge < -0.3 is 9.64 Å². The predicted molar refractivity (Wildman–Crippen MR) is 251 cm³/mol. The molecule has 2 heteroatoms. The van der Waals surface area contributed by atoms with Crippen molar-refractivity contribution in [3.63, 3.8) is 0 Å². The summed E-state index contributed by atoms with van der Waals surface area (Å²) in [5.41, 5.74) is 16.9. The Balaban J connectivity index is 1.09. The van der Waals surface area contributed by atoms with Gasteiger partial charge in [-0.2, -0.15) is 0 Å². The van der Waals surface area contributed by atoms with Gasteiger partial charge in [0.05, 0.1) is 22.5 Å². The zero-order chi connectivity index (χ0) is 40.3. The van der Waals surface area contributed by atoms with Crippen LogP contribution in [0.1, 0.15) is 40.7 Å². The Kier molecular flexibility index (Phi) is 8.15. The quantitative estimate of drug-likeness (QED) is 0.167. The Morgan fingerprint density at radius 1 is 0.459 bits per heavy atom. The van der Waals surface area contributed by atoms with E-state index in [0.717, 1.165) is 63.7 Å². The molecule has 0 N–H and O–H groups in total. The van der Waals surface area contributed by atoms with E-state index in [1.807, 2.05) is 0 Å². The lowest BCUT2D eigenvalue weighted by molar-refractivity contribution is 0.436. The highest BCUT2D eigenvalue weighted by Crippen LogP contribution is 2.64. The molecule has 0 radical (unpaired) electrons. The van der Waals surface area contributed by atoms with Crippen molar-refractivity contribution in [2.75, 3.05) is 4.90 Å². The monoisotopic (exact) mass is 777 g/mol. The van der Waals surface area contributed by atoms with E-state index in [9.17, 15) is 0 Å². The lowest BCUT2D eigenvalue weighted by Crippen LogP contribution is -2.32. The standard InChI is InChI=1S/C59H39NO/c1-3-18-40(19-4-1)44-38-39-45(48-24-8-7-23-47(44)48)42-34-36-43(37-35-42)60(54-30-14-10-22-46(54)41-20-5-2-6-21-41)55-31-17-29-53-58(55)49-25-9-11-26-50(49)59(53)51-27-12-15-32-56(51)61-57-33-16-13-28-52(57)59/h1-5,7-20,22-34,36,38-39H,6,21H2. The molecule has 2 nitrogen and oxygen atoms in total. The minimum atomic E-state index is -0.581. The number of hydrogen-bond donors (Lipinski definition) is 0. The maximum atomic E-state index is 6.67. The second kappa shape index (κ2) is 14.2. The van der Waals surface area contributed by atoms with Crippen LogP contribution in [0.25, 0.3) is 49.7 Å². The number of ether oxygens (including phenoxy) is 1. The molecule has 12 rings (SSSR count). The van der Waals surface area contributed by atoms with E-state index in [0.29, 0.717) is 0 Å². The third-order valence-corrected chi connectivity index (χ3v) is 12.9. The summed E-state index contributed by atoms with van der Waals surface area (Å²) in [4.78, 5) is 2.43. The highest BCUT2D eigenvalue weighted by molar-refractivity contribution is 6.05. The summed E-state index contributed by atoms with van der Waals surface area (Å²) in [5.74, 6) is 1.77. The summed E-state index contributed by atoms with van der Waals surface area (Å²) in [6, 6.07) is 77.5. The van der Waals surface area contributed by atoms with Crippen LogP contribution in [0.15, 0.2) is 212 Å². The zero-order valence-electron chi connectivity index (χ0n) is 33.5. The number of anilines is 3. The smallest absolute Gasteiger partial charge is 0.132 e. The molecule has 61 heavy (non-hydrogen) atoms. The molecule has 0 saturated heterocycles. The molecule has 0 amide bonds. The molecule has 1 aliphatic heterocycles. The van der Waals surface area contributed by atoms with E-state index < -0.39 is 5.41 Å². The fourth-order valence-corrected chi connectivity index (χ4v) is 10.3. The molecule has 0 bridgehead atoms. The topological polar surface area (TPSA) is 12.5 Å². The van der Waals surface area contributed by atoms with E-state index >= 15 is 0 Å². The first-order valence-corrected chi connectivity index (χ1v) is 21.2. The van der Waals surface area contributed by atoms with E-state index in [1.54, 1.807) is 0 Å². The van der Waals surface area contributed by atoms with Gasteiger partial charge in [0.2, 0.25) is 0 Å². The molecule has 2 aliphatic carbocycles. The second-order valence-electron chi connectivity index (χ2n) is 16.1. The van der Waals surface area contributed by atoms with Gasteiger partial charge in [0.15, 0.2) is 0 Å². The van der Waals surface area contributed by atoms with Gasteiger partial charge in [0, 0.05) is 27.8 Å².